The Labute approximate surface area is 154 Å². The van der Waals surface area contributed by atoms with E-state index in [-0.39, 0.29) is 11.7 Å². The van der Waals surface area contributed by atoms with Gasteiger partial charge in [-0.1, -0.05) is 28.1 Å². The van der Waals surface area contributed by atoms with Gasteiger partial charge in [-0.25, -0.2) is 0 Å². The van der Waals surface area contributed by atoms with Crippen LogP contribution in [0, 0.1) is 0 Å². The number of nitrogens with one attached hydrogen (secondary N) is 1. The molecule has 24 heavy (non-hydrogen) atoms. The number of halogens is 2. The van der Waals surface area contributed by atoms with E-state index in [9.17, 15) is 4.79 Å². The number of pyridine rings is 1. The van der Waals surface area contributed by atoms with Gasteiger partial charge in [-0.15, -0.1) is 0 Å². The summed E-state index contributed by atoms with van der Waals surface area (Å²) >= 11 is 6.88. The van der Waals surface area contributed by atoms with E-state index in [1.165, 1.54) is 0 Å². The number of nitrogens with zero attached hydrogens (tertiary/aromatic N) is 1. The first-order valence-electron chi connectivity index (χ1n) is 7.14. The third-order valence-corrected chi connectivity index (χ3v) is 4.74. The highest BCUT2D eigenvalue weighted by atomic mass is 79.9. The Morgan fingerprint density at radius 2 is 1.96 bits per heavy atom. The molecule has 2 heterocycles. The molecule has 0 saturated carbocycles. The summed E-state index contributed by atoms with van der Waals surface area (Å²) in [6.07, 6.45) is 3.47. The molecular weight excluding hydrogens is 436 g/mol. The number of carbonyl (C=O) groups excluding carboxylic acids is 1. The van der Waals surface area contributed by atoms with Crippen LogP contribution in [-0.2, 0) is 0 Å². The Hall–Kier alpha value is -2.18. The minimum atomic E-state index is -0.293. The molecule has 0 aliphatic rings. The zero-order valence-electron chi connectivity index (χ0n) is 12.2. The van der Waals surface area contributed by atoms with Gasteiger partial charge >= 0.3 is 0 Å². The van der Waals surface area contributed by atoms with Gasteiger partial charge in [0.1, 0.15) is 5.58 Å². The summed E-state index contributed by atoms with van der Waals surface area (Å²) in [5.41, 5.74) is 1.37. The summed E-state index contributed by atoms with van der Waals surface area (Å²) in [6.45, 7) is 0. The molecule has 1 amide bonds. The van der Waals surface area contributed by atoms with Crippen LogP contribution >= 0.6 is 31.9 Å². The number of hydrogen-bond donors (Lipinski definition) is 1. The normalized spacial score (nSPS) is 11.1. The van der Waals surface area contributed by atoms with Crippen molar-refractivity contribution in [1.82, 2.24) is 4.98 Å². The number of anilines is 1. The SMILES string of the molecule is O=C(Nc1cccc2cnccc12)c1cc2cc(Br)cc(Br)c2o1. The molecule has 0 aliphatic carbocycles. The van der Waals surface area contributed by atoms with Crippen LogP contribution in [0.2, 0.25) is 0 Å². The summed E-state index contributed by atoms with van der Waals surface area (Å²) in [7, 11) is 0. The number of fused-ring (bicyclic) bond motifs is 2. The summed E-state index contributed by atoms with van der Waals surface area (Å²) in [6, 6.07) is 13.1. The lowest BCUT2D eigenvalue weighted by atomic mass is 10.1. The average Bonchev–Trinajstić information content (AvgIpc) is 3.00. The van der Waals surface area contributed by atoms with Crippen LogP contribution in [0.4, 0.5) is 5.69 Å². The van der Waals surface area contributed by atoms with Crippen molar-refractivity contribution >= 4 is 65.2 Å². The molecule has 4 rings (SSSR count). The van der Waals surface area contributed by atoms with Crippen LogP contribution in [0.25, 0.3) is 21.7 Å². The number of benzene rings is 2. The maximum absolute atomic E-state index is 12.6. The van der Waals surface area contributed by atoms with E-state index in [1.54, 1.807) is 18.5 Å². The Kier molecular flexibility index (Phi) is 3.86. The van der Waals surface area contributed by atoms with Gasteiger partial charge in [0.05, 0.1) is 4.47 Å². The Morgan fingerprint density at radius 1 is 1.08 bits per heavy atom. The molecule has 0 radical (unpaired) electrons. The van der Waals surface area contributed by atoms with E-state index in [2.05, 4.69) is 42.2 Å². The lowest BCUT2D eigenvalue weighted by molar-refractivity contribution is 0.0999. The molecule has 2 aromatic carbocycles. The van der Waals surface area contributed by atoms with Crippen LogP contribution in [-0.4, -0.2) is 10.9 Å². The van der Waals surface area contributed by atoms with Gasteiger partial charge in [-0.2, -0.15) is 0 Å². The highest BCUT2D eigenvalue weighted by molar-refractivity contribution is 9.11. The van der Waals surface area contributed by atoms with E-state index in [0.29, 0.717) is 5.58 Å². The first-order chi connectivity index (χ1) is 11.6. The van der Waals surface area contributed by atoms with Crippen molar-refractivity contribution in [3.63, 3.8) is 0 Å². The van der Waals surface area contributed by atoms with Crippen LogP contribution in [0.3, 0.4) is 0 Å². The maximum Gasteiger partial charge on any atom is 0.291 e. The van der Waals surface area contributed by atoms with Gasteiger partial charge in [0.15, 0.2) is 5.76 Å². The molecule has 1 N–H and O–H groups in total. The third-order valence-electron chi connectivity index (χ3n) is 3.69. The maximum atomic E-state index is 12.6. The molecule has 0 atom stereocenters. The van der Waals surface area contributed by atoms with Crippen LogP contribution in [0.5, 0.6) is 0 Å². The van der Waals surface area contributed by atoms with Gasteiger partial charge in [0, 0.05) is 38.7 Å². The van der Waals surface area contributed by atoms with Crippen LogP contribution < -0.4 is 5.32 Å². The molecule has 0 fully saturated rings. The second kappa shape index (κ2) is 6.03. The van der Waals surface area contributed by atoms with E-state index >= 15 is 0 Å². The molecular formula is C18H10Br2N2O2. The fourth-order valence-electron chi connectivity index (χ4n) is 2.60. The molecule has 0 bridgehead atoms. The summed E-state index contributed by atoms with van der Waals surface area (Å²) in [5, 5.41) is 5.66. The van der Waals surface area contributed by atoms with Crippen molar-refractivity contribution in [2.45, 2.75) is 0 Å². The van der Waals surface area contributed by atoms with Crippen LogP contribution in [0.1, 0.15) is 10.6 Å². The van der Waals surface area contributed by atoms with Gasteiger partial charge in [0.2, 0.25) is 0 Å². The first kappa shape index (κ1) is 15.4. The van der Waals surface area contributed by atoms with Crippen molar-refractivity contribution in [2.24, 2.45) is 0 Å². The molecule has 118 valence electrons. The molecule has 0 aliphatic heterocycles. The van der Waals surface area contributed by atoms with Crippen molar-refractivity contribution < 1.29 is 9.21 Å². The molecule has 0 spiro atoms. The second-order valence-corrected chi connectivity index (χ2v) is 7.04. The third kappa shape index (κ3) is 2.72. The van der Waals surface area contributed by atoms with Crippen molar-refractivity contribution in [3.05, 3.63) is 69.6 Å². The number of rotatable bonds is 2. The number of hydrogen-bond acceptors (Lipinski definition) is 3. The van der Waals surface area contributed by atoms with Gasteiger partial charge in [-0.05, 0) is 46.3 Å². The average molecular weight is 446 g/mol. The quantitative estimate of drug-likeness (QED) is 0.426. The lowest BCUT2D eigenvalue weighted by Crippen LogP contribution is -2.11. The Balaban J connectivity index is 1.72. The van der Waals surface area contributed by atoms with E-state index in [0.717, 1.165) is 30.8 Å². The molecule has 0 saturated heterocycles. The lowest BCUT2D eigenvalue weighted by Gasteiger charge is -2.06. The molecule has 0 unspecified atom stereocenters. The smallest absolute Gasteiger partial charge is 0.291 e. The largest absolute Gasteiger partial charge is 0.450 e. The molecule has 2 aromatic heterocycles. The predicted molar refractivity (Wildman–Crippen MR) is 101 cm³/mol. The molecule has 4 aromatic rings. The van der Waals surface area contributed by atoms with Gasteiger partial charge in [-0.3, -0.25) is 9.78 Å². The summed E-state index contributed by atoms with van der Waals surface area (Å²) in [5.74, 6) is -0.0339. The fraction of sp³-hybridized carbons (Fsp3) is 0. The Bertz CT molecular complexity index is 1080. The minimum absolute atomic E-state index is 0.259. The number of amides is 1. The van der Waals surface area contributed by atoms with E-state index in [1.807, 2.05) is 36.4 Å². The predicted octanol–water partition coefficient (Wildman–Crippen LogP) is 5.76. The second-order valence-electron chi connectivity index (χ2n) is 5.27. The monoisotopic (exact) mass is 444 g/mol. The highest BCUT2D eigenvalue weighted by Gasteiger charge is 2.15. The molecule has 4 nitrogen and oxygen atoms in total. The van der Waals surface area contributed by atoms with Gasteiger partial charge < -0.3 is 9.73 Å². The van der Waals surface area contributed by atoms with Gasteiger partial charge in [0.25, 0.3) is 5.91 Å². The van der Waals surface area contributed by atoms with Crippen molar-refractivity contribution in [1.29, 1.82) is 0 Å². The van der Waals surface area contributed by atoms with E-state index < -0.39 is 0 Å². The summed E-state index contributed by atoms with van der Waals surface area (Å²) in [4.78, 5) is 16.7. The number of carbonyl (C=O) groups is 1. The number of furan rings is 1. The highest BCUT2D eigenvalue weighted by Crippen LogP contribution is 2.31. The minimum Gasteiger partial charge on any atom is -0.450 e. The van der Waals surface area contributed by atoms with E-state index in [4.69, 9.17) is 4.42 Å². The van der Waals surface area contributed by atoms with Crippen molar-refractivity contribution in [2.75, 3.05) is 5.32 Å². The van der Waals surface area contributed by atoms with Crippen molar-refractivity contribution in [3.8, 4) is 0 Å². The zero-order valence-corrected chi connectivity index (χ0v) is 15.4. The fourth-order valence-corrected chi connectivity index (χ4v) is 3.94. The zero-order chi connectivity index (χ0) is 16.7. The molecule has 6 heteroatoms. The topological polar surface area (TPSA) is 55.1 Å². The Morgan fingerprint density at radius 3 is 2.83 bits per heavy atom. The standard InChI is InChI=1S/C18H10Br2N2O2/c19-12-6-11-7-16(24-17(11)14(20)8-12)18(23)22-15-3-1-2-10-9-21-5-4-13(10)15/h1-9H,(H,22,23). The number of aromatic nitrogens is 1. The van der Waals surface area contributed by atoms with Crippen LogP contribution in [0.15, 0.2) is 68.2 Å². The summed E-state index contributed by atoms with van der Waals surface area (Å²) < 4.78 is 7.41. The first-order valence-corrected chi connectivity index (χ1v) is 8.73.